The van der Waals surface area contributed by atoms with Gasteiger partial charge in [0.25, 0.3) is 11.8 Å². The summed E-state index contributed by atoms with van der Waals surface area (Å²) in [5, 5.41) is 47.0. The molecule has 38 heavy (non-hydrogen) atoms. The quantitative estimate of drug-likeness (QED) is 0.252. The second kappa shape index (κ2) is 9.53. The summed E-state index contributed by atoms with van der Waals surface area (Å²) in [7, 11) is 6.73. The highest BCUT2D eigenvalue weighted by Gasteiger charge is 2.64. The number of phenols is 1. The van der Waals surface area contributed by atoms with E-state index in [0.29, 0.717) is 13.1 Å². The van der Waals surface area contributed by atoms with Crippen LogP contribution in [0.5, 0.6) is 5.75 Å². The molecular formula is C26H31N4O8. The van der Waals surface area contributed by atoms with E-state index < -0.39 is 69.7 Å². The Morgan fingerprint density at radius 1 is 1.13 bits per heavy atom. The van der Waals surface area contributed by atoms with E-state index in [1.807, 2.05) is 19.0 Å². The molecule has 0 bridgehead atoms. The summed E-state index contributed by atoms with van der Waals surface area (Å²) in [6, 6.07) is 1.40. The lowest BCUT2D eigenvalue weighted by Crippen LogP contribution is -2.66. The summed E-state index contributed by atoms with van der Waals surface area (Å²) >= 11 is 0. The van der Waals surface area contributed by atoms with Crippen molar-refractivity contribution < 1.29 is 39.6 Å². The lowest BCUT2D eigenvalue weighted by molar-refractivity contribution is -0.149. The average molecular weight is 528 g/mol. The van der Waals surface area contributed by atoms with E-state index in [0.717, 1.165) is 0 Å². The molecule has 4 rings (SSSR count). The van der Waals surface area contributed by atoms with Crippen molar-refractivity contribution in [1.82, 2.24) is 15.1 Å². The Hall–Kier alpha value is -3.74. The smallest absolute Gasteiger partial charge is 0.255 e. The number of benzene rings is 1. The van der Waals surface area contributed by atoms with Gasteiger partial charge in [-0.1, -0.05) is 0 Å². The van der Waals surface area contributed by atoms with Crippen LogP contribution in [0.4, 0.5) is 0 Å². The van der Waals surface area contributed by atoms with Gasteiger partial charge in [0.1, 0.15) is 22.8 Å². The summed E-state index contributed by atoms with van der Waals surface area (Å²) in [5.41, 5.74) is 1.67. The van der Waals surface area contributed by atoms with Gasteiger partial charge in [-0.05, 0) is 64.6 Å². The molecule has 3 aliphatic rings. The fourth-order valence-corrected chi connectivity index (χ4v) is 5.64. The van der Waals surface area contributed by atoms with E-state index in [1.54, 1.807) is 0 Å². The van der Waals surface area contributed by atoms with Gasteiger partial charge in [-0.15, -0.1) is 0 Å². The third-order valence-corrected chi connectivity index (χ3v) is 7.44. The molecule has 7 N–H and O–H groups in total. The summed E-state index contributed by atoms with van der Waals surface area (Å²) in [4.78, 5) is 55.2. The number of hydrogen-bond donors (Lipinski definition) is 6. The highest BCUT2D eigenvalue weighted by atomic mass is 16.3. The van der Waals surface area contributed by atoms with Gasteiger partial charge in [0, 0.05) is 30.1 Å². The van der Waals surface area contributed by atoms with Gasteiger partial charge in [-0.25, -0.2) is 0 Å². The minimum absolute atomic E-state index is 0.0145. The average Bonchev–Trinajstić information content (AvgIpc) is 2.80. The number of nitrogens with zero attached hydrogens (tertiary/aromatic N) is 2. The van der Waals surface area contributed by atoms with E-state index >= 15 is 0 Å². The summed E-state index contributed by atoms with van der Waals surface area (Å²) in [6.07, 6.45) is 1.45. The molecule has 1 aromatic carbocycles. The molecule has 12 heteroatoms. The predicted molar refractivity (Wildman–Crippen MR) is 135 cm³/mol. The largest absolute Gasteiger partial charge is 0.508 e. The Morgan fingerprint density at radius 3 is 2.37 bits per heavy atom. The fourth-order valence-electron chi connectivity index (χ4n) is 5.64. The number of nitrogens with one attached hydrogen (secondary N) is 1. The van der Waals surface area contributed by atoms with Crippen LogP contribution < -0.4 is 11.1 Å². The third kappa shape index (κ3) is 3.96. The molecule has 1 radical (unpaired) electrons. The lowest BCUT2D eigenvalue weighted by Gasteiger charge is -2.50. The molecule has 1 fully saturated rings. The van der Waals surface area contributed by atoms with Gasteiger partial charge >= 0.3 is 0 Å². The fraction of sp³-hybridized carbons (Fsp3) is 0.423. The number of aromatic hydroxyl groups is 1. The molecule has 0 saturated heterocycles. The van der Waals surface area contributed by atoms with Gasteiger partial charge in [0.15, 0.2) is 11.4 Å². The van der Waals surface area contributed by atoms with Gasteiger partial charge in [-0.2, -0.15) is 0 Å². The summed E-state index contributed by atoms with van der Waals surface area (Å²) in [6.45, 7) is 0.925. The molecule has 0 aliphatic heterocycles. The van der Waals surface area contributed by atoms with Crippen molar-refractivity contribution in [1.29, 1.82) is 0 Å². The number of ketones is 2. The van der Waals surface area contributed by atoms with E-state index in [4.69, 9.17) is 5.73 Å². The SMILES string of the molecule is CN(C)CCNC(=O)c1ccc(O)c2c1CC1[CH][C@H]3[C@H](N(C)C)C(=O)C(C(N)=O)=C(O)[C@@]3(O)C(=O)C1=C2O. The maximum Gasteiger partial charge on any atom is 0.255 e. The molecule has 0 heterocycles. The Labute approximate surface area is 219 Å². The monoisotopic (exact) mass is 527 g/mol. The predicted octanol–water partition coefficient (Wildman–Crippen LogP) is -0.930. The van der Waals surface area contributed by atoms with Crippen LogP contribution in [-0.2, 0) is 20.8 Å². The number of carbonyl (C=O) groups excluding carboxylic acids is 4. The highest BCUT2D eigenvalue weighted by molar-refractivity contribution is 6.24. The van der Waals surface area contributed by atoms with Crippen molar-refractivity contribution >= 4 is 29.1 Å². The Balaban J connectivity index is 1.87. The number of likely N-dealkylation sites (N-methyl/N-ethyl adjacent to an activating group) is 2. The van der Waals surface area contributed by atoms with Crippen LogP contribution in [0, 0.1) is 18.3 Å². The van der Waals surface area contributed by atoms with Crippen LogP contribution in [0.2, 0.25) is 0 Å². The first kappa shape index (κ1) is 27.3. The first-order chi connectivity index (χ1) is 17.7. The van der Waals surface area contributed by atoms with E-state index in [9.17, 15) is 39.6 Å². The molecule has 1 aromatic rings. The van der Waals surface area contributed by atoms with E-state index in [2.05, 4.69) is 5.32 Å². The van der Waals surface area contributed by atoms with Crippen molar-refractivity contribution in [3.05, 3.63) is 52.1 Å². The van der Waals surface area contributed by atoms with Gasteiger partial charge < -0.3 is 36.4 Å². The van der Waals surface area contributed by atoms with Crippen molar-refractivity contribution in [2.45, 2.75) is 18.1 Å². The number of phenolic OH excluding ortho intramolecular Hbond substituents is 1. The highest BCUT2D eigenvalue weighted by Crippen LogP contribution is 2.52. The minimum atomic E-state index is -2.76. The van der Waals surface area contributed by atoms with Crippen molar-refractivity contribution in [3.63, 3.8) is 0 Å². The maximum absolute atomic E-state index is 13.8. The number of nitrogens with two attached hydrogens (primary N) is 1. The lowest BCUT2D eigenvalue weighted by atomic mass is 9.57. The molecule has 1 saturated carbocycles. The van der Waals surface area contributed by atoms with Crippen LogP contribution in [0.15, 0.2) is 29.0 Å². The molecule has 203 valence electrons. The van der Waals surface area contributed by atoms with Crippen molar-refractivity contribution in [2.75, 3.05) is 41.3 Å². The summed E-state index contributed by atoms with van der Waals surface area (Å²) in [5.74, 6) is -8.16. The Morgan fingerprint density at radius 2 is 1.79 bits per heavy atom. The van der Waals surface area contributed by atoms with E-state index in [-0.39, 0.29) is 28.7 Å². The standard InChI is InChI=1S/C26H31N4O8/c1-29(2)8-7-28-25(37)12-5-6-15(31)17-13(12)9-11-10-14-19(30(3)4)21(33)18(24(27)36)23(35)26(14,38)22(34)16(11)20(17)32/h5-6,10-11,14,19,31-32,35,38H,7-9H2,1-4H3,(H2,27,36)(H,28,37)/t11?,14-,19-,26-/m0/s1. The van der Waals surface area contributed by atoms with Crippen LogP contribution in [0.1, 0.15) is 21.5 Å². The normalized spacial score (nSPS) is 26.9. The first-order valence-corrected chi connectivity index (χ1v) is 12.0. The molecule has 2 amide bonds. The number of Topliss-reactive ketones (excluding diaryl/α,β-unsaturated/α-hetero) is 2. The Kier molecular flexibility index (Phi) is 6.85. The molecule has 0 spiro atoms. The first-order valence-electron chi connectivity index (χ1n) is 12.0. The number of rotatable bonds is 6. The van der Waals surface area contributed by atoms with Crippen LogP contribution >= 0.6 is 0 Å². The van der Waals surface area contributed by atoms with E-state index in [1.165, 1.54) is 37.5 Å². The zero-order chi connectivity index (χ0) is 28.3. The number of amides is 2. The van der Waals surface area contributed by atoms with Crippen LogP contribution in [0.25, 0.3) is 5.76 Å². The maximum atomic E-state index is 13.8. The number of carbonyl (C=O) groups is 4. The van der Waals surface area contributed by atoms with Crippen LogP contribution in [0.3, 0.4) is 0 Å². The molecular weight excluding hydrogens is 496 g/mol. The molecule has 12 nitrogen and oxygen atoms in total. The zero-order valence-electron chi connectivity index (χ0n) is 21.5. The minimum Gasteiger partial charge on any atom is -0.508 e. The number of aliphatic hydroxyl groups excluding tert-OH is 2. The second-order valence-corrected chi connectivity index (χ2v) is 10.3. The number of fused-ring (bicyclic) bond motifs is 3. The molecule has 3 aliphatic carbocycles. The van der Waals surface area contributed by atoms with Crippen molar-refractivity contribution in [3.8, 4) is 5.75 Å². The zero-order valence-corrected chi connectivity index (χ0v) is 21.5. The molecule has 4 atom stereocenters. The molecule has 1 unspecified atom stereocenters. The molecule has 0 aromatic heterocycles. The number of aliphatic hydroxyl groups is 3. The third-order valence-electron chi connectivity index (χ3n) is 7.44. The van der Waals surface area contributed by atoms with Gasteiger partial charge in [-0.3, -0.25) is 24.1 Å². The summed E-state index contributed by atoms with van der Waals surface area (Å²) < 4.78 is 0. The Bertz CT molecular complexity index is 1310. The van der Waals surface area contributed by atoms with Crippen molar-refractivity contribution in [2.24, 2.45) is 17.6 Å². The van der Waals surface area contributed by atoms with Gasteiger partial charge in [0.2, 0.25) is 5.78 Å². The number of hydrogen-bond acceptors (Lipinski definition) is 10. The second-order valence-electron chi connectivity index (χ2n) is 10.3. The van der Waals surface area contributed by atoms with Crippen LogP contribution in [-0.4, -0.2) is 107 Å². The number of primary amides is 1. The van der Waals surface area contributed by atoms with Gasteiger partial charge in [0.05, 0.1) is 11.6 Å². The topological polar surface area (TPSA) is 194 Å².